The van der Waals surface area contributed by atoms with Crippen molar-refractivity contribution in [3.63, 3.8) is 0 Å². The zero-order chi connectivity index (χ0) is 25.8. The molecule has 0 aliphatic rings. The summed E-state index contributed by atoms with van der Waals surface area (Å²) < 4.78 is 65.6. The van der Waals surface area contributed by atoms with Crippen LogP contribution in [0.2, 0.25) is 0 Å². The van der Waals surface area contributed by atoms with E-state index in [-0.39, 0.29) is 20.5 Å². The van der Waals surface area contributed by atoms with Crippen LogP contribution in [0.5, 0.6) is 0 Å². The van der Waals surface area contributed by atoms with E-state index in [4.69, 9.17) is 0 Å². The fourth-order valence-corrected chi connectivity index (χ4v) is 4.51. The summed E-state index contributed by atoms with van der Waals surface area (Å²) in [6.07, 6.45) is -5.34. The maximum Gasteiger partial charge on any atom is 0.389 e. The van der Waals surface area contributed by atoms with E-state index in [1.54, 1.807) is 0 Å². The number of hydrogen-bond donors (Lipinski definition) is 3. The molecule has 0 saturated heterocycles. The number of nitrogens with zero attached hydrogens (tertiary/aromatic N) is 2. The molecule has 3 aromatic rings. The van der Waals surface area contributed by atoms with Crippen molar-refractivity contribution in [2.75, 3.05) is 0 Å². The molecule has 1 unspecified atom stereocenters. The van der Waals surface area contributed by atoms with E-state index >= 15 is 0 Å². The van der Waals surface area contributed by atoms with Gasteiger partial charge in [-0.1, -0.05) is 0 Å². The predicted octanol–water partition coefficient (Wildman–Crippen LogP) is 4.22. The Morgan fingerprint density at radius 2 is 1.91 bits per heavy atom. The molecule has 7 nitrogen and oxygen atoms in total. The second-order valence-electron chi connectivity index (χ2n) is 7.43. The van der Waals surface area contributed by atoms with Gasteiger partial charge < -0.3 is 15.7 Å². The second-order valence-corrected chi connectivity index (χ2v) is 9.39. The van der Waals surface area contributed by atoms with Crippen LogP contribution in [0.4, 0.5) is 22.0 Å². The molecule has 0 spiro atoms. The summed E-state index contributed by atoms with van der Waals surface area (Å²) in [6.45, 7) is 1.30. The van der Waals surface area contributed by atoms with E-state index in [1.807, 2.05) is 0 Å². The molecule has 14 heteroatoms. The van der Waals surface area contributed by atoms with E-state index in [2.05, 4.69) is 20.6 Å². The van der Waals surface area contributed by atoms with E-state index in [0.717, 1.165) is 47.1 Å². The number of aliphatic hydroxyl groups is 1. The van der Waals surface area contributed by atoms with Crippen molar-refractivity contribution in [2.24, 2.45) is 0 Å². The Balaban J connectivity index is 1.66. The quantitative estimate of drug-likeness (QED) is 0.357. The van der Waals surface area contributed by atoms with Crippen LogP contribution in [-0.2, 0) is 4.79 Å². The molecule has 188 valence electrons. The molecule has 2 aromatic heterocycles. The van der Waals surface area contributed by atoms with Gasteiger partial charge in [0.2, 0.25) is 5.91 Å². The molecular weight excluding hydrogens is 515 g/mol. The van der Waals surface area contributed by atoms with Crippen LogP contribution in [0.3, 0.4) is 0 Å². The first kappa shape index (κ1) is 26.6. The number of alkyl halides is 3. The fourth-order valence-electron chi connectivity index (χ4n) is 2.99. The highest BCUT2D eigenvalue weighted by Gasteiger charge is 2.33. The first-order valence-corrected chi connectivity index (χ1v) is 11.8. The lowest BCUT2D eigenvalue weighted by atomic mass is 10.0. The number of amides is 2. The van der Waals surface area contributed by atoms with Gasteiger partial charge in [0.05, 0.1) is 12.2 Å². The molecule has 0 aliphatic heterocycles. The second kappa shape index (κ2) is 11.2. The molecule has 0 radical (unpaired) electrons. The number of nitrogens with one attached hydrogen (secondary N) is 2. The van der Waals surface area contributed by atoms with E-state index in [1.165, 1.54) is 18.5 Å². The number of aromatic nitrogens is 2. The normalized spacial score (nSPS) is 14.3. The first-order valence-electron chi connectivity index (χ1n) is 10.1. The molecule has 3 rings (SSSR count). The van der Waals surface area contributed by atoms with Crippen LogP contribution in [0.15, 0.2) is 36.0 Å². The number of aliphatic hydroxyl groups excluding tert-OH is 1. The molecule has 0 bridgehead atoms. The summed E-state index contributed by atoms with van der Waals surface area (Å²) >= 11 is 1.78. The van der Waals surface area contributed by atoms with Crippen molar-refractivity contribution in [3.8, 4) is 10.6 Å². The molecule has 3 N–H and O–H groups in total. The summed E-state index contributed by atoms with van der Waals surface area (Å²) in [5.41, 5.74) is -0.136. The van der Waals surface area contributed by atoms with Crippen LogP contribution >= 0.6 is 22.7 Å². The number of hydrogen-bond acceptors (Lipinski definition) is 7. The Morgan fingerprint density at radius 1 is 1.17 bits per heavy atom. The van der Waals surface area contributed by atoms with Crippen molar-refractivity contribution in [3.05, 3.63) is 57.5 Å². The van der Waals surface area contributed by atoms with Crippen molar-refractivity contribution < 1.29 is 36.6 Å². The summed E-state index contributed by atoms with van der Waals surface area (Å²) in [6, 6.07) is 0.290. The Labute approximate surface area is 204 Å². The molecule has 35 heavy (non-hydrogen) atoms. The third-order valence-corrected chi connectivity index (χ3v) is 6.66. The largest absolute Gasteiger partial charge is 0.389 e. The number of halogens is 5. The predicted molar refractivity (Wildman–Crippen MR) is 119 cm³/mol. The van der Waals surface area contributed by atoms with Gasteiger partial charge in [-0.05, 0) is 31.5 Å². The van der Waals surface area contributed by atoms with Crippen LogP contribution in [0, 0.1) is 11.6 Å². The lowest BCUT2D eigenvalue weighted by Crippen LogP contribution is -2.49. The highest BCUT2D eigenvalue weighted by Crippen LogP contribution is 2.29. The zero-order valence-corrected chi connectivity index (χ0v) is 19.6. The molecule has 0 saturated carbocycles. The molecule has 2 heterocycles. The van der Waals surface area contributed by atoms with Gasteiger partial charge >= 0.3 is 6.18 Å². The minimum Gasteiger partial charge on any atom is -0.384 e. The highest BCUT2D eigenvalue weighted by molar-refractivity contribution is 7.16. The average Bonchev–Trinajstić information content (AvgIpc) is 3.49. The minimum atomic E-state index is -4.50. The standard InChI is InChI=1S/C21H19F5N4O3S2/c1-10(17(32)30-14(4-5-21(24,25)26)16(31)20-27-6-7-34-20)29-18(33)15-9-28-19(35-15)12-8-11(22)2-3-13(12)23/h2-3,6-10,14,16,31H,4-5H2,1H3,(H,29,33)(H,30,32)/t10-,14-,16?/m0/s1. The SMILES string of the molecule is C[C@H](NC(=O)c1cnc(-c2cc(F)ccc2F)s1)C(=O)N[C@@H](CCC(F)(F)F)C(O)c1nccs1. The molecule has 3 atom stereocenters. The van der Waals surface area contributed by atoms with E-state index in [9.17, 15) is 36.6 Å². The highest BCUT2D eigenvalue weighted by atomic mass is 32.1. The van der Waals surface area contributed by atoms with Gasteiger partial charge in [-0.3, -0.25) is 9.59 Å². The summed E-state index contributed by atoms with van der Waals surface area (Å²) in [7, 11) is 0. The van der Waals surface area contributed by atoms with E-state index in [0.29, 0.717) is 0 Å². The first-order chi connectivity index (χ1) is 16.4. The van der Waals surface area contributed by atoms with Gasteiger partial charge in [-0.2, -0.15) is 13.2 Å². The molecule has 2 amide bonds. The number of benzene rings is 1. The van der Waals surface area contributed by atoms with Crippen LogP contribution < -0.4 is 10.6 Å². The Bertz CT molecular complexity index is 1170. The molecular formula is C21H19F5N4O3S2. The van der Waals surface area contributed by atoms with Gasteiger partial charge in [0.25, 0.3) is 5.91 Å². The maximum absolute atomic E-state index is 14.0. The molecule has 0 aliphatic carbocycles. The van der Waals surface area contributed by atoms with Crippen LogP contribution in [0.1, 0.15) is 40.5 Å². The third kappa shape index (κ3) is 7.26. The lowest BCUT2D eigenvalue weighted by molar-refractivity contribution is -0.140. The average molecular weight is 535 g/mol. The zero-order valence-electron chi connectivity index (χ0n) is 18.0. The van der Waals surface area contributed by atoms with Crippen LogP contribution in [0.25, 0.3) is 10.6 Å². The number of rotatable bonds is 9. The Morgan fingerprint density at radius 3 is 2.57 bits per heavy atom. The van der Waals surface area contributed by atoms with Gasteiger partial charge in [0.1, 0.15) is 38.7 Å². The summed E-state index contributed by atoms with van der Waals surface area (Å²) in [4.78, 5) is 32.9. The van der Waals surface area contributed by atoms with Crippen molar-refractivity contribution in [1.82, 2.24) is 20.6 Å². The maximum atomic E-state index is 14.0. The minimum absolute atomic E-state index is 0.000229. The number of thiazole rings is 2. The van der Waals surface area contributed by atoms with Gasteiger partial charge in [0, 0.05) is 23.6 Å². The molecule has 0 fully saturated rings. The van der Waals surface area contributed by atoms with E-state index < -0.39 is 60.7 Å². The van der Waals surface area contributed by atoms with Crippen molar-refractivity contribution in [1.29, 1.82) is 0 Å². The lowest BCUT2D eigenvalue weighted by Gasteiger charge is -2.25. The summed E-state index contributed by atoms with van der Waals surface area (Å²) in [5, 5.41) is 16.8. The number of carbonyl (C=O) groups excluding carboxylic acids is 2. The smallest absolute Gasteiger partial charge is 0.384 e. The summed E-state index contributed by atoms with van der Waals surface area (Å²) in [5.74, 6) is -3.00. The van der Waals surface area contributed by atoms with Crippen molar-refractivity contribution in [2.45, 2.75) is 44.1 Å². The third-order valence-electron chi connectivity index (χ3n) is 4.78. The van der Waals surface area contributed by atoms with Crippen molar-refractivity contribution >= 4 is 34.5 Å². The Hall–Kier alpha value is -2.97. The number of carbonyl (C=O) groups is 2. The van der Waals surface area contributed by atoms with Gasteiger partial charge in [-0.25, -0.2) is 18.7 Å². The monoisotopic (exact) mass is 534 g/mol. The van der Waals surface area contributed by atoms with Gasteiger partial charge in [-0.15, -0.1) is 22.7 Å². The Kier molecular flexibility index (Phi) is 8.51. The topological polar surface area (TPSA) is 104 Å². The fraction of sp³-hybridized carbons (Fsp3) is 0.333. The molecule has 1 aromatic carbocycles. The van der Waals surface area contributed by atoms with Crippen LogP contribution in [-0.4, -0.2) is 45.1 Å². The van der Waals surface area contributed by atoms with Gasteiger partial charge in [0.15, 0.2) is 0 Å².